The van der Waals surface area contributed by atoms with E-state index in [2.05, 4.69) is 5.32 Å². The van der Waals surface area contributed by atoms with Gasteiger partial charge in [0, 0.05) is 0 Å². The molecule has 0 aromatic carbocycles. The quantitative estimate of drug-likeness (QED) is 0.535. The van der Waals surface area contributed by atoms with Gasteiger partial charge in [-0.25, -0.2) is 0 Å². The van der Waals surface area contributed by atoms with E-state index in [0.717, 1.165) is 17.4 Å². The second-order valence-electron chi connectivity index (χ2n) is 0.506. The maximum absolute atomic E-state index is 9.20. The first-order valence-corrected chi connectivity index (χ1v) is 1.85. The van der Waals surface area contributed by atoms with Crippen LogP contribution in [0.3, 0.4) is 0 Å². The van der Waals surface area contributed by atoms with Gasteiger partial charge < -0.3 is 10.4 Å². The van der Waals surface area contributed by atoms with Crippen molar-refractivity contribution in [3.05, 3.63) is 5.32 Å². The first-order chi connectivity index (χ1) is 3.27. The Balaban J connectivity index is 0. The monoisotopic (exact) mass is 141 g/mol. The summed E-state index contributed by atoms with van der Waals surface area (Å²) in [5.74, 6) is 0. The molecule has 0 radical (unpaired) electrons. The van der Waals surface area contributed by atoms with E-state index in [1.165, 1.54) is 7.05 Å². The molecule has 0 heterocycles. The van der Waals surface area contributed by atoms with Crippen LogP contribution in [-0.2, 0) is 21.0 Å². The van der Waals surface area contributed by atoms with E-state index in [9.17, 15) is 4.79 Å². The average molecular weight is 141 g/mol. The minimum atomic E-state index is -1.12. The van der Waals surface area contributed by atoms with Crippen LogP contribution in [0.2, 0.25) is 0 Å². The van der Waals surface area contributed by atoms with Crippen molar-refractivity contribution in [2.24, 2.45) is 0 Å². The van der Waals surface area contributed by atoms with Crippen molar-refractivity contribution in [3.63, 3.8) is 0 Å². The Morgan fingerprint density at radius 2 is 1.86 bits per heavy atom. The topological polar surface area (TPSA) is 68.5 Å². The molecule has 1 amide bonds. The first-order valence-electron chi connectivity index (χ1n) is 1.28. The number of amides is 1. The summed E-state index contributed by atoms with van der Waals surface area (Å²) in [6.45, 7) is 0. The van der Waals surface area contributed by atoms with Crippen LogP contribution in [0.4, 0.5) is 4.79 Å². The fourth-order valence-corrected chi connectivity index (χ4v) is 0. The third kappa shape index (κ3) is 27.6. The van der Waals surface area contributed by atoms with Crippen LogP contribution >= 0.6 is 0 Å². The van der Waals surface area contributed by atoms with Crippen molar-refractivity contribution in [2.45, 2.75) is 0 Å². The second-order valence-corrected chi connectivity index (χ2v) is 0.506. The third-order valence-electron chi connectivity index (χ3n) is 0.191. The molecule has 0 bridgehead atoms. The van der Waals surface area contributed by atoms with Crippen LogP contribution < -0.4 is 0 Å². The summed E-state index contributed by atoms with van der Waals surface area (Å²) in [7, 11) is 1.22. The molecule has 0 aliphatic heterocycles. The predicted octanol–water partition coefficient (Wildman–Crippen LogP) is 0.547. The molecule has 0 aliphatic rings. The van der Waals surface area contributed by atoms with Gasteiger partial charge >= 0.3 is 21.0 Å². The molecule has 0 unspecified atom stereocenters. The van der Waals surface area contributed by atoms with Gasteiger partial charge in [-0.3, -0.25) is 4.79 Å². The number of carboxylic acid groups (broad SMARTS) is 1. The Morgan fingerprint density at radius 3 is 1.86 bits per heavy atom. The molecule has 0 aliphatic carbocycles. The summed E-state index contributed by atoms with van der Waals surface area (Å²) in [6, 6.07) is 0. The Labute approximate surface area is 50.1 Å². The SMILES string of the molecule is C[N-]C(=O)O.[O]=[V]. The van der Waals surface area contributed by atoms with E-state index >= 15 is 0 Å². The molecule has 0 rings (SSSR count). The van der Waals surface area contributed by atoms with Gasteiger partial charge in [0.05, 0.1) is 0 Å². The average Bonchev–Trinajstić information content (AvgIpc) is 1.73. The van der Waals surface area contributed by atoms with E-state index < -0.39 is 6.09 Å². The predicted molar refractivity (Wildman–Crippen MR) is 18.0 cm³/mol. The van der Waals surface area contributed by atoms with Crippen LogP contribution in [0.15, 0.2) is 0 Å². The molecule has 0 saturated carbocycles. The van der Waals surface area contributed by atoms with Crippen molar-refractivity contribution in [2.75, 3.05) is 7.05 Å². The maximum atomic E-state index is 9.20. The molecular formula is C2H4NO3V-. The van der Waals surface area contributed by atoms with Crippen LogP contribution in [0.25, 0.3) is 5.32 Å². The molecule has 0 fully saturated rings. The van der Waals surface area contributed by atoms with E-state index in [0.29, 0.717) is 0 Å². The van der Waals surface area contributed by atoms with E-state index in [1.807, 2.05) is 0 Å². The number of carbonyl (C=O) groups is 1. The van der Waals surface area contributed by atoms with Crippen LogP contribution in [0.1, 0.15) is 0 Å². The zero-order chi connectivity index (χ0) is 6.28. The standard InChI is InChI=1S/C2H4NO2.O.V/c1-3-2(4)5;;/h1H3,(H,4,5);;/q-1;;. The molecule has 0 aromatic rings. The zero-order valence-electron chi connectivity index (χ0n) is 3.66. The summed E-state index contributed by atoms with van der Waals surface area (Å²) < 4.78 is 8.19. The Kier molecular flexibility index (Phi) is 12.9. The van der Waals surface area contributed by atoms with Crippen molar-refractivity contribution in [1.82, 2.24) is 0 Å². The molecule has 1 N–H and O–H groups in total. The zero-order valence-corrected chi connectivity index (χ0v) is 5.05. The van der Waals surface area contributed by atoms with Crippen molar-refractivity contribution in [3.8, 4) is 0 Å². The fraction of sp³-hybridized carbons (Fsp3) is 0.500. The van der Waals surface area contributed by atoms with E-state index in [-0.39, 0.29) is 0 Å². The molecule has 0 spiro atoms. The molecule has 7 heavy (non-hydrogen) atoms. The summed E-state index contributed by atoms with van der Waals surface area (Å²) in [4.78, 5) is 9.20. The first kappa shape index (κ1) is 9.82. The Bertz CT molecular complexity index is 56.9. The second kappa shape index (κ2) is 9.17. The molecule has 41 valence electrons. The van der Waals surface area contributed by atoms with Crippen molar-refractivity contribution in [1.29, 1.82) is 0 Å². The van der Waals surface area contributed by atoms with E-state index in [4.69, 9.17) is 8.78 Å². The van der Waals surface area contributed by atoms with Gasteiger partial charge in [-0.05, 0) is 0 Å². The van der Waals surface area contributed by atoms with Crippen molar-refractivity contribution < 1.29 is 30.9 Å². The van der Waals surface area contributed by atoms with Crippen LogP contribution in [-0.4, -0.2) is 18.2 Å². The Morgan fingerprint density at radius 1 is 1.71 bits per heavy atom. The van der Waals surface area contributed by atoms with Gasteiger partial charge in [0.2, 0.25) is 6.09 Å². The van der Waals surface area contributed by atoms with E-state index in [1.54, 1.807) is 0 Å². The molecule has 4 nitrogen and oxygen atoms in total. The van der Waals surface area contributed by atoms with Gasteiger partial charge in [-0.15, -0.1) is 7.05 Å². The number of nitrogens with zero attached hydrogens (tertiary/aromatic N) is 1. The molecule has 0 atom stereocenters. The number of hydrogen-bond acceptors (Lipinski definition) is 2. The number of rotatable bonds is 0. The summed E-state index contributed by atoms with van der Waals surface area (Å²) in [5.41, 5.74) is 0. The molecule has 0 aromatic heterocycles. The van der Waals surface area contributed by atoms with Gasteiger partial charge in [0.25, 0.3) is 0 Å². The molecular weight excluding hydrogens is 137 g/mol. The van der Waals surface area contributed by atoms with Crippen LogP contribution in [0.5, 0.6) is 0 Å². The van der Waals surface area contributed by atoms with Crippen molar-refractivity contribution >= 4 is 6.09 Å². The summed E-state index contributed by atoms with van der Waals surface area (Å²) in [5, 5.41) is 10.4. The fourth-order valence-electron chi connectivity index (χ4n) is 0. The Hall–Kier alpha value is -0.346. The minimum absolute atomic E-state index is 1.06. The number of hydrogen-bond donors (Lipinski definition) is 1. The third-order valence-corrected chi connectivity index (χ3v) is 0.191. The summed E-state index contributed by atoms with van der Waals surface area (Å²) in [6.07, 6.45) is -1.12. The van der Waals surface area contributed by atoms with Gasteiger partial charge in [-0.1, -0.05) is 0 Å². The molecule has 5 heteroatoms. The molecule has 0 saturated heterocycles. The van der Waals surface area contributed by atoms with Gasteiger partial charge in [0.15, 0.2) is 0 Å². The van der Waals surface area contributed by atoms with Gasteiger partial charge in [-0.2, -0.15) is 0 Å². The van der Waals surface area contributed by atoms with Gasteiger partial charge in [0.1, 0.15) is 0 Å². The van der Waals surface area contributed by atoms with Crippen LogP contribution in [0, 0.1) is 0 Å². The normalized spacial score (nSPS) is 5.14. The summed E-state index contributed by atoms with van der Waals surface area (Å²) >= 11 is 1.06.